The fraction of sp³-hybridized carbons (Fsp3) is 0.769. The van der Waals surface area contributed by atoms with E-state index >= 15 is 0 Å². The number of carbonyl (C=O) groups is 1. The first kappa shape index (κ1) is 11.6. The van der Waals surface area contributed by atoms with Crippen LogP contribution in [-0.2, 0) is 9.53 Å². The second-order valence-electron chi connectivity index (χ2n) is 5.02. The Morgan fingerprint density at radius 2 is 1.88 bits per heavy atom. The largest absolute Gasteiger partial charge is 0.459 e. The van der Waals surface area contributed by atoms with E-state index in [1.807, 2.05) is 19.9 Å². The number of nitrogens with zero attached hydrogens (tertiary/aromatic N) is 1. The Labute approximate surface area is 97.5 Å². The molecule has 3 heteroatoms. The summed E-state index contributed by atoms with van der Waals surface area (Å²) in [5, 5.41) is 0. The Hall–Kier alpha value is -0.830. The molecule has 2 aliphatic rings. The summed E-state index contributed by atoms with van der Waals surface area (Å²) in [4.78, 5) is 14.1. The molecule has 0 amide bonds. The third kappa shape index (κ3) is 2.14. The molecular formula is C13H21NO2. The average Bonchev–Trinajstić information content (AvgIpc) is 2.52. The molecule has 0 aliphatic carbocycles. The van der Waals surface area contributed by atoms with Gasteiger partial charge in [-0.05, 0) is 33.7 Å². The van der Waals surface area contributed by atoms with E-state index in [2.05, 4.69) is 11.9 Å². The number of hydrogen-bond acceptors (Lipinski definition) is 3. The first-order chi connectivity index (χ1) is 7.61. The van der Waals surface area contributed by atoms with Crippen LogP contribution in [0.2, 0.25) is 0 Å². The maximum atomic E-state index is 11.7. The number of ether oxygens (including phenoxy) is 1. The van der Waals surface area contributed by atoms with Crippen LogP contribution in [0.3, 0.4) is 0 Å². The second kappa shape index (κ2) is 4.58. The lowest BCUT2D eigenvalue weighted by atomic mass is 10.0. The van der Waals surface area contributed by atoms with Crippen LogP contribution in [0, 0.1) is 0 Å². The monoisotopic (exact) mass is 223 g/mol. The highest BCUT2D eigenvalue weighted by atomic mass is 16.5. The smallest absolute Gasteiger partial charge is 0.333 e. The van der Waals surface area contributed by atoms with Gasteiger partial charge in [0.2, 0.25) is 0 Å². The normalized spacial score (nSPS) is 35.2. The summed E-state index contributed by atoms with van der Waals surface area (Å²) in [6.45, 7) is 3.68. The molecule has 0 unspecified atom stereocenters. The van der Waals surface area contributed by atoms with Crippen molar-refractivity contribution >= 4 is 5.97 Å². The van der Waals surface area contributed by atoms with Gasteiger partial charge in [-0.15, -0.1) is 0 Å². The predicted molar refractivity (Wildman–Crippen MR) is 63.1 cm³/mol. The maximum absolute atomic E-state index is 11.7. The van der Waals surface area contributed by atoms with Gasteiger partial charge in [0.1, 0.15) is 6.10 Å². The number of hydrogen-bond donors (Lipinski definition) is 0. The molecule has 2 rings (SSSR count). The molecule has 0 N–H and O–H groups in total. The third-order valence-corrected chi connectivity index (χ3v) is 4.08. The van der Waals surface area contributed by atoms with Gasteiger partial charge in [0.05, 0.1) is 0 Å². The van der Waals surface area contributed by atoms with Crippen molar-refractivity contribution in [3.8, 4) is 0 Å². The Kier molecular flexibility index (Phi) is 3.33. The zero-order chi connectivity index (χ0) is 11.7. The molecule has 2 saturated heterocycles. The first-order valence-corrected chi connectivity index (χ1v) is 6.17. The fourth-order valence-corrected chi connectivity index (χ4v) is 2.82. The summed E-state index contributed by atoms with van der Waals surface area (Å²) in [6, 6.07) is 1.25. The van der Waals surface area contributed by atoms with Crippen molar-refractivity contribution < 1.29 is 9.53 Å². The minimum Gasteiger partial charge on any atom is -0.459 e. The maximum Gasteiger partial charge on any atom is 0.333 e. The van der Waals surface area contributed by atoms with Crippen LogP contribution in [0.1, 0.15) is 39.5 Å². The highest BCUT2D eigenvalue weighted by molar-refractivity contribution is 5.87. The molecule has 2 heterocycles. The molecule has 16 heavy (non-hydrogen) atoms. The minimum absolute atomic E-state index is 0.135. The summed E-state index contributed by atoms with van der Waals surface area (Å²) in [5.74, 6) is -0.142. The Morgan fingerprint density at radius 3 is 2.38 bits per heavy atom. The van der Waals surface area contributed by atoms with Crippen LogP contribution in [0.5, 0.6) is 0 Å². The molecule has 0 saturated carbocycles. The van der Waals surface area contributed by atoms with Gasteiger partial charge in [-0.1, -0.05) is 6.08 Å². The van der Waals surface area contributed by atoms with Gasteiger partial charge in [-0.2, -0.15) is 0 Å². The lowest BCUT2D eigenvalue weighted by Crippen LogP contribution is -2.43. The van der Waals surface area contributed by atoms with E-state index < -0.39 is 0 Å². The van der Waals surface area contributed by atoms with Gasteiger partial charge in [0.15, 0.2) is 0 Å². The molecule has 2 aliphatic heterocycles. The fourth-order valence-electron chi connectivity index (χ4n) is 2.82. The molecule has 2 fully saturated rings. The van der Waals surface area contributed by atoms with Gasteiger partial charge in [-0.25, -0.2) is 4.79 Å². The van der Waals surface area contributed by atoms with Crippen molar-refractivity contribution in [3.63, 3.8) is 0 Å². The van der Waals surface area contributed by atoms with Crippen LogP contribution in [0.15, 0.2) is 11.6 Å². The van der Waals surface area contributed by atoms with Gasteiger partial charge in [0.25, 0.3) is 0 Å². The lowest BCUT2D eigenvalue weighted by Gasteiger charge is -2.35. The number of allylic oxidation sites excluding steroid dienone is 1. The number of rotatable bonds is 2. The molecule has 90 valence electrons. The first-order valence-electron chi connectivity index (χ1n) is 6.17. The zero-order valence-electron chi connectivity index (χ0n) is 10.4. The molecule has 3 nitrogen and oxygen atoms in total. The van der Waals surface area contributed by atoms with Crippen LogP contribution < -0.4 is 0 Å². The molecule has 2 bridgehead atoms. The number of esters is 1. The third-order valence-electron chi connectivity index (χ3n) is 4.08. The molecule has 0 aromatic carbocycles. The lowest BCUT2D eigenvalue weighted by molar-refractivity contribution is -0.147. The SMILES string of the molecule is C/C=C(\C)C(=O)O[C@H]1C[C@H]2CC[C@@H](C1)N2C. The molecule has 3 atom stereocenters. The van der Waals surface area contributed by atoms with Gasteiger partial charge in [0, 0.05) is 30.5 Å². The van der Waals surface area contributed by atoms with Crippen LogP contribution in [0.25, 0.3) is 0 Å². The van der Waals surface area contributed by atoms with E-state index in [9.17, 15) is 4.79 Å². The summed E-state index contributed by atoms with van der Waals surface area (Å²) in [5.41, 5.74) is 0.714. The summed E-state index contributed by atoms with van der Waals surface area (Å²) >= 11 is 0. The topological polar surface area (TPSA) is 29.5 Å². The Bertz CT molecular complexity index is 297. The van der Waals surface area contributed by atoms with Crippen LogP contribution in [-0.4, -0.2) is 36.1 Å². The molecule has 0 aromatic heterocycles. The van der Waals surface area contributed by atoms with Crippen molar-refractivity contribution in [1.82, 2.24) is 4.90 Å². The van der Waals surface area contributed by atoms with E-state index in [-0.39, 0.29) is 12.1 Å². The van der Waals surface area contributed by atoms with E-state index in [4.69, 9.17) is 4.74 Å². The number of carbonyl (C=O) groups excluding carboxylic acids is 1. The van der Waals surface area contributed by atoms with E-state index in [0.29, 0.717) is 17.7 Å². The summed E-state index contributed by atoms with van der Waals surface area (Å²) in [7, 11) is 2.19. The van der Waals surface area contributed by atoms with Crippen LogP contribution >= 0.6 is 0 Å². The van der Waals surface area contributed by atoms with Crippen molar-refractivity contribution in [1.29, 1.82) is 0 Å². The van der Waals surface area contributed by atoms with Crippen molar-refractivity contribution in [2.75, 3.05) is 7.05 Å². The van der Waals surface area contributed by atoms with Crippen molar-refractivity contribution in [3.05, 3.63) is 11.6 Å². The standard InChI is InChI=1S/C13H21NO2/c1-4-9(2)13(15)16-12-7-10-5-6-11(8-12)14(10)3/h4,10-12H,5-8H2,1-3H3/b9-4+/t10-,11+,12+. The molecular weight excluding hydrogens is 202 g/mol. The minimum atomic E-state index is -0.142. The highest BCUT2D eigenvalue weighted by Crippen LogP contribution is 2.35. The molecule has 0 radical (unpaired) electrons. The number of fused-ring (bicyclic) bond motifs is 2. The Morgan fingerprint density at radius 1 is 1.31 bits per heavy atom. The summed E-state index contributed by atoms with van der Waals surface area (Å²) < 4.78 is 5.54. The van der Waals surface area contributed by atoms with Gasteiger partial charge < -0.3 is 9.64 Å². The van der Waals surface area contributed by atoms with E-state index in [1.54, 1.807) is 0 Å². The molecule has 0 aromatic rings. The zero-order valence-corrected chi connectivity index (χ0v) is 10.4. The molecule has 0 spiro atoms. The van der Waals surface area contributed by atoms with Gasteiger partial charge in [-0.3, -0.25) is 0 Å². The van der Waals surface area contributed by atoms with Gasteiger partial charge >= 0.3 is 5.97 Å². The predicted octanol–water partition coefficient (Wildman–Crippen LogP) is 2.12. The van der Waals surface area contributed by atoms with E-state index in [1.165, 1.54) is 12.8 Å². The Balaban J connectivity index is 1.92. The highest BCUT2D eigenvalue weighted by Gasteiger charge is 2.39. The van der Waals surface area contributed by atoms with Crippen LogP contribution in [0.4, 0.5) is 0 Å². The average molecular weight is 223 g/mol. The van der Waals surface area contributed by atoms with Crippen molar-refractivity contribution in [2.45, 2.75) is 57.7 Å². The summed E-state index contributed by atoms with van der Waals surface area (Å²) in [6.07, 6.45) is 6.49. The second-order valence-corrected chi connectivity index (χ2v) is 5.02. The quantitative estimate of drug-likeness (QED) is 0.530. The van der Waals surface area contributed by atoms with E-state index in [0.717, 1.165) is 12.8 Å². The number of piperidine rings is 1. The van der Waals surface area contributed by atoms with Crippen molar-refractivity contribution in [2.24, 2.45) is 0 Å².